The van der Waals surface area contributed by atoms with Crippen LogP contribution >= 0.6 is 0 Å². The minimum atomic E-state index is -0.0374. The fourth-order valence-electron chi connectivity index (χ4n) is 2.13. The van der Waals surface area contributed by atoms with Gasteiger partial charge in [0.05, 0.1) is 0 Å². The summed E-state index contributed by atoms with van der Waals surface area (Å²) in [5, 5.41) is 3.32. The average molecular weight is 207 g/mol. The van der Waals surface area contributed by atoms with Gasteiger partial charge in [-0.15, -0.1) is 0 Å². The Bertz CT molecular complexity index is 348. The molecule has 0 spiro atoms. The Labute approximate surface area is 90.7 Å². The van der Waals surface area contributed by atoms with Crippen molar-refractivity contribution in [2.75, 3.05) is 13.1 Å². The number of aryl methyl sites for hydroxylation is 1. The molecule has 2 atom stereocenters. The summed E-state index contributed by atoms with van der Waals surface area (Å²) in [7, 11) is 0. The second-order valence-electron chi connectivity index (χ2n) is 4.43. The Balaban J connectivity index is 2.03. The molecule has 0 amide bonds. The lowest BCUT2D eigenvalue weighted by Gasteiger charge is -2.04. The van der Waals surface area contributed by atoms with Crippen molar-refractivity contribution in [2.45, 2.75) is 26.2 Å². The molecule has 82 valence electrons. The van der Waals surface area contributed by atoms with Crippen LogP contribution in [0.4, 0.5) is 4.39 Å². The molecule has 15 heavy (non-hydrogen) atoms. The minimum Gasteiger partial charge on any atom is -0.317 e. The molecule has 0 saturated heterocycles. The van der Waals surface area contributed by atoms with Crippen LogP contribution in [0.15, 0.2) is 18.2 Å². The minimum absolute atomic E-state index is 0.0374. The Hall–Kier alpha value is -0.890. The molecule has 0 aliphatic heterocycles. The van der Waals surface area contributed by atoms with E-state index in [1.165, 1.54) is 0 Å². The number of halogens is 1. The van der Waals surface area contributed by atoms with Gasteiger partial charge in [-0.25, -0.2) is 4.39 Å². The van der Waals surface area contributed by atoms with Crippen molar-refractivity contribution in [3.8, 4) is 0 Å². The highest BCUT2D eigenvalue weighted by molar-refractivity contribution is 5.31. The lowest BCUT2D eigenvalue weighted by Crippen LogP contribution is -2.16. The summed E-state index contributed by atoms with van der Waals surface area (Å²) >= 11 is 0. The van der Waals surface area contributed by atoms with Crippen molar-refractivity contribution in [3.05, 3.63) is 35.1 Å². The first-order chi connectivity index (χ1) is 7.22. The fraction of sp³-hybridized carbons (Fsp3) is 0.538. The molecule has 1 aromatic carbocycles. The zero-order valence-electron chi connectivity index (χ0n) is 9.39. The van der Waals surface area contributed by atoms with E-state index in [1.807, 2.05) is 19.1 Å². The molecule has 0 heterocycles. The molecule has 1 N–H and O–H groups in total. The average Bonchev–Trinajstić information content (AvgIpc) is 2.98. The second kappa shape index (κ2) is 4.31. The molecule has 1 fully saturated rings. The molecule has 1 aliphatic carbocycles. The number of hydrogen-bond donors (Lipinski definition) is 1. The second-order valence-corrected chi connectivity index (χ2v) is 4.43. The normalized spacial score (nSPS) is 24.2. The van der Waals surface area contributed by atoms with Gasteiger partial charge < -0.3 is 5.32 Å². The SMILES string of the molecule is CCNCC1CC1c1cc(C)ccc1F. The third-order valence-electron chi connectivity index (χ3n) is 3.13. The highest BCUT2D eigenvalue weighted by Crippen LogP contribution is 2.47. The first kappa shape index (κ1) is 10.6. The van der Waals surface area contributed by atoms with E-state index >= 15 is 0 Å². The predicted molar refractivity (Wildman–Crippen MR) is 60.5 cm³/mol. The molecule has 1 nitrogen and oxygen atoms in total. The lowest BCUT2D eigenvalue weighted by atomic mass is 10.1. The van der Waals surface area contributed by atoms with Gasteiger partial charge in [-0.2, -0.15) is 0 Å². The number of rotatable bonds is 4. The zero-order valence-corrected chi connectivity index (χ0v) is 9.39. The van der Waals surface area contributed by atoms with Crippen LogP contribution < -0.4 is 5.32 Å². The first-order valence-corrected chi connectivity index (χ1v) is 5.69. The summed E-state index contributed by atoms with van der Waals surface area (Å²) < 4.78 is 13.5. The van der Waals surface area contributed by atoms with Crippen molar-refractivity contribution in [3.63, 3.8) is 0 Å². The van der Waals surface area contributed by atoms with E-state index in [0.29, 0.717) is 11.8 Å². The van der Waals surface area contributed by atoms with E-state index < -0.39 is 0 Å². The number of hydrogen-bond acceptors (Lipinski definition) is 1. The summed E-state index contributed by atoms with van der Waals surface area (Å²) in [5.74, 6) is 1.05. The monoisotopic (exact) mass is 207 g/mol. The first-order valence-electron chi connectivity index (χ1n) is 5.69. The smallest absolute Gasteiger partial charge is 0.126 e. The summed E-state index contributed by atoms with van der Waals surface area (Å²) in [6.07, 6.45) is 1.13. The van der Waals surface area contributed by atoms with Crippen molar-refractivity contribution in [1.82, 2.24) is 5.32 Å². The van der Waals surface area contributed by atoms with Gasteiger partial charge in [0, 0.05) is 0 Å². The van der Waals surface area contributed by atoms with Crippen LogP contribution in [0.25, 0.3) is 0 Å². The van der Waals surface area contributed by atoms with Gasteiger partial charge >= 0.3 is 0 Å². The summed E-state index contributed by atoms with van der Waals surface area (Å²) in [6, 6.07) is 5.42. The quantitative estimate of drug-likeness (QED) is 0.800. The van der Waals surface area contributed by atoms with E-state index in [0.717, 1.165) is 30.6 Å². The van der Waals surface area contributed by atoms with Gasteiger partial charge in [0.1, 0.15) is 5.82 Å². The largest absolute Gasteiger partial charge is 0.317 e. The van der Waals surface area contributed by atoms with Crippen molar-refractivity contribution in [1.29, 1.82) is 0 Å². The Kier molecular flexibility index (Phi) is 3.06. The van der Waals surface area contributed by atoms with E-state index in [9.17, 15) is 4.39 Å². The Morgan fingerprint density at radius 2 is 2.27 bits per heavy atom. The van der Waals surface area contributed by atoms with E-state index in [4.69, 9.17) is 0 Å². The molecule has 1 aliphatic rings. The Morgan fingerprint density at radius 3 is 3.00 bits per heavy atom. The van der Waals surface area contributed by atoms with Crippen molar-refractivity contribution >= 4 is 0 Å². The summed E-state index contributed by atoms with van der Waals surface area (Å²) in [5.41, 5.74) is 2.07. The van der Waals surface area contributed by atoms with Crippen molar-refractivity contribution in [2.24, 2.45) is 5.92 Å². The van der Waals surface area contributed by atoms with Gasteiger partial charge in [-0.3, -0.25) is 0 Å². The van der Waals surface area contributed by atoms with Gasteiger partial charge in [0.2, 0.25) is 0 Å². The zero-order chi connectivity index (χ0) is 10.8. The third-order valence-corrected chi connectivity index (χ3v) is 3.13. The summed E-state index contributed by atoms with van der Waals surface area (Å²) in [4.78, 5) is 0. The van der Waals surface area contributed by atoms with Crippen LogP contribution in [0.2, 0.25) is 0 Å². The lowest BCUT2D eigenvalue weighted by molar-refractivity contribution is 0.597. The molecule has 2 rings (SSSR count). The highest BCUT2D eigenvalue weighted by Gasteiger charge is 2.39. The topological polar surface area (TPSA) is 12.0 Å². The number of nitrogens with one attached hydrogen (secondary N) is 1. The van der Waals surface area contributed by atoms with Crippen LogP contribution in [0.3, 0.4) is 0 Å². The van der Waals surface area contributed by atoms with Crippen LogP contribution in [0.1, 0.15) is 30.4 Å². The molecule has 1 saturated carbocycles. The molecular formula is C13H18FN. The molecule has 0 bridgehead atoms. The van der Waals surface area contributed by atoms with Gasteiger partial charge in [-0.1, -0.05) is 24.6 Å². The van der Waals surface area contributed by atoms with E-state index in [1.54, 1.807) is 6.07 Å². The fourth-order valence-corrected chi connectivity index (χ4v) is 2.13. The van der Waals surface area contributed by atoms with Gasteiger partial charge in [-0.05, 0) is 49.9 Å². The maximum atomic E-state index is 13.5. The molecule has 0 radical (unpaired) electrons. The summed E-state index contributed by atoms with van der Waals surface area (Å²) in [6.45, 7) is 6.14. The van der Waals surface area contributed by atoms with Crippen molar-refractivity contribution < 1.29 is 4.39 Å². The van der Waals surface area contributed by atoms with Gasteiger partial charge in [0.15, 0.2) is 0 Å². The Morgan fingerprint density at radius 1 is 1.47 bits per heavy atom. The van der Waals surface area contributed by atoms with Crippen LogP contribution in [-0.2, 0) is 0 Å². The third kappa shape index (κ3) is 2.37. The standard InChI is InChI=1S/C13H18FN/c1-3-15-8-10-7-11(10)12-6-9(2)4-5-13(12)14/h4-6,10-11,15H,3,7-8H2,1-2H3. The van der Waals surface area contributed by atoms with E-state index in [-0.39, 0.29) is 5.82 Å². The van der Waals surface area contributed by atoms with Crippen LogP contribution in [0, 0.1) is 18.7 Å². The maximum absolute atomic E-state index is 13.5. The maximum Gasteiger partial charge on any atom is 0.126 e. The number of benzene rings is 1. The molecule has 2 unspecified atom stereocenters. The van der Waals surface area contributed by atoms with Crippen LogP contribution in [-0.4, -0.2) is 13.1 Å². The highest BCUT2D eigenvalue weighted by atomic mass is 19.1. The molecule has 2 heteroatoms. The molecule has 1 aromatic rings. The van der Waals surface area contributed by atoms with Crippen LogP contribution in [0.5, 0.6) is 0 Å². The molecular weight excluding hydrogens is 189 g/mol. The molecule has 0 aromatic heterocycles. The van der Waals surface area contributed by atoms with E-state index in [2.05, 4.69) is 12.2 Å². The predicted octanol–water partition coefficient (Wildman–Crippen LogP) is 2.85. The van der Waals surface area contributed by atoms with Gasteiger partial charge in [0.25, 0.3) is 0 Å².